The number of aromatic nitrogens is 1. The first-order valence-electron chi connectivity index (χ1n) is 5.97. The van der Waals surface area contributed by atoms with E-state index in [1.807, 2.05) is 5.38 Å². The van der Waals surface area contributed by atoms with Crippen molar-refractivity contribution in [2.75, 3.05) is 13.7 Å². The normalized spacial score (nSPS) is 12.4. The van der Waals surface area contributed by atoms with Gasteiger partial charge in [0.1, 0.15) is 5.01 Å². The first kappa shape index (κ1) is 15.4. The number of alkyl halides is 1. The van der Waals surface area contributed by atoms with Gasteiger partial charge in [0.25, 0.3) is 0 Å². The van der Waals surface area contributed by atoms with Gasteiger partial charge in [-0.3, -0.25) is 4.79 Å². The molecule has 0 aliphatic rings. The molecule has 0 saturated carbocycles. The van der Waals surface area contributed by atoms with Crippen LogP contribution in [0.4, 0.5) is 0 Å². The molecule has 1 N–H and O–H groups in total. The van der Waals surface area contributed by atoms with Crippen LogP contribution in [0.2, 0.25) is 0 Å². The molecule has 1 aromatic heterocycles. The van der Waals surface area contributed by atoms with Gasteiger partial charge in [0.15, 0.2) is 0 Å². The van der Waals surface area contributed by atoms with Gasteiger partial charge in [-0.1, -0.05) is 13.3 Å². The number of methoxy groups -OCH3 is 1. The summed E-state index contributed by atoms with van der Waals surface area (Å²) in [6.07, 6.45) is 2.25. The Morgan fingerprint density at radius 2 is 2.44 bits per heavy atom. The molecule has 1 atom stereocenters. The van der Waals surface area contributed by atoms with Crippen LogP contribution >= 0.6 is 22.9 Å². The van der Waals surface area contributed by atoms with E-state index in [1.54, 1.807) is 7.11 Å². The maximum atomic E-state index is 11.8. The molecule has 0 aromatic carbocycles. The molecule has 6 heteroatoms. The fourth-order valence-electron chi connectivity index (χ4n) is 1.65. The van der Waals surface area contributed by atoms with E-state index in [0.717, 1.165) is 23.5 Å². The predicted molar refractivity (Wildman–Crippen MR) is 74.1 cm³/mol. The first-order chi connectivity index (χ1) is 8.69. The highest BCUT2D eigenvalue weighted by Gasteiger charge is 2.13. The van der Waals surface area contributed by atoms with E-state index in [0.29, 0.717) is 18.9 Å². The van der Waals surface area contributed by atoms with Crippen molar-refractivity contribution in [3.63, 3.8) is 0 Å². The van der Waals surface area contributed by atoms with Gasteiger partial charge in [-0.2, -0.15) is 0 Å². The Labute approximate surface area is 117 Å². The summed E-state index contributed by atoms with van der Waals surface area (Å²) >= 11 is 7.14. The second kappa shape index (κ2) is 8.45. The number of rotatable bonds is 8. The average molecular weight is 291 g/mol. The summed E-state index contributed by atoms with van der Waals surface area (Å²) in [5, 5.41) is 5.65. The molecular weight excluding hydrogens is 272 g/mol. The number of ether oxygens (including phenoxy) is 1. The maximum absolute atomic E-state index is 11.8. The van der Waals surface area contributed by atoms with Crippen LogP contribution in [0.3, 0.4) is 0 Å². The number of halogens is 1. The van der Waals surface area contributed by atoms with E-state index in [2.05, 4.69) is 17.2 Å². The van der Waals surface area contributed by atoms with Gasteiger partial charge < -0.3 is 10.1 Å². The van der Waals surface area contributed by atoms with Gasteiger partial charge in [0, 0.05) is 12.5 Å². The van der Waals surface area contributed by atoms with Crippen LogP contribution in [0.1, 0.15) is 30.5 Å². The Hall–Kier alpha value is -0.650. The molecule has 0 spiro atoms. The second-order valence-electron chi connectivity index (χ2n) is 4.05. The van der Waals surface area contributed by atoms with Crippen LogP contribution in [0, 0.1) is 0 Å². The third kappa shape index (κ3) is 5.33. The number of carbonyl (C=O) groups is 1. The van der Waals surface area contributed by atoms with Gasteiger partial charge >= 0.3 is 0 Å². The third-order valence-corrected chi connectivity index (χ3v) is 3.59. The Balaban J connectivity index is 2.43. The molecule has 0 aliphatic heterocycles. The molecule has 4 nitrogen and oxygen atoms in total. The lowest BCUT2D eigenvalue weighted by atomic mass is 10.2. The standard InChI is InChI=1S/C12H19ClN2O2S/c1-3-4-9(7-17-2)14-11(16)5-12-15-10(6-13)8-18-12/h8-9H,3-7H2,1-2H3,(H,14,16). The first-order valence-corrected chi connectivity index (χ1v) is 7.38. The van der Waals surface area contributed by atoms with E-state index in [4.69, 9.17) is 16.3 Å². The number of thiazole rings is 1. The van der Waals surface area contributed by atoms with Gasteiger partial charge in [0.2, 0.25) is 5.91 Å². The fourth-order valence-corrected chi connectivity index (χ4v) is 2.68. The molecule has 0 saturated heterocycles. The minimum atomic E-state index is -0.0130. The molecule has 1 unspecified atom stereocenters. The summed E-state index contributed by atoms with van der Waals surface area (Å²) in [4.78, 5) is 16.1. The number of amides is 1. The van der Waals surface area contributed by atoms with Crippen molar-refractivity contribution in [3.05, 3.63) is 16.1 Å². The molecule has 1 rings (SSSR count). The number of hydrogen-bond donors (Lipinski definition) is 1. The molecule has 1 aromatic rings. The van der Waals surface area contributed by atoms with E-state index < -0.39 is 0 Å². The Morgan fingerprint density at radius 1 is 1.67 bits per heavy atom. The summed E-state index contributed by atoms with van der Waals surface area (Å²) < 4.78 is 5.08. The van der Waals surface area contributed by atoms with Gasteiger partial charge in [-0.15, -0.1) is 22.9 Å². The SMILES string of the molecule is CCCC(COC)NC(=O)Cc1nc(CCl)cs1. The largest absolute Gasteiger partial charge is 0.383 e. The van der Waals surface area contributed by atoms with Crippen molar-refractivity contribution >= 4 is 28.8 Å². The number of hydrogen-bond acceptors (Lipinski definition) is 4. The van der Waals surface area contributed by atoms with Gasteiger partial charge in [0.05, 0.1) is 30.6 Å². The lowest BCUT2D eigenvalue weighted by Crippen LogP contribution is -2.38. The lowest BCUT2D eigenvalue weighted by molar-refractivity contribution is -0.121. The quantitative estimate of drug-likeness (QED) is 0.748. The van der Waals surface area contributed by atoms with Crippen LogP contribution in [-0.2, 0) is 21.8 Å². The van der Waals surface area contributed by atoms with Crippen LogP contribution in [0.5, 0.6) is 0 Å². The van der Waals surface area contributed by atoms with E-state index in [-0.39, 0.29) is 11.9 Å². The summed E-state index contributed by atoms with van der Waals surface area (Å²) in [7, 11) is 1.64. The Morgan fingerprint density at radius 3 is 3.00 bits per heavy atom. The van der Waals surface area contributed by atoms with Crippen LogP contribution in [0.15, 0.2) is 5.38 Å². The summed E-state index contributed by atoms with van der Waals surface area (Å²) in [6, 6.07) is 0.0833. The molecule has 1 amide bonds. The maximum Gasteiger partial charge on any atom is 0.227 e. The molecular formula is C12H19ClN2O2S. The van der Waals surface area contributed by atoms with Gasteiger partial charge in [-0.05, 0) is 6.42 Å². The topological polar surface area (TPSA) is 51.2 Å². The van der Waals surface area contributed by atoms with Crippen molar-refractivity contribution in [2.45, 2.75) is 38.1 Å². The second-order valence-corrected chi connectivity index (χ2v) is 5.26. The zero-order chi connectivity index (χ0) is 13.4. The minimum Gasteiger partial charge on any atom is -0.383 e. The Kier molecular flexibility index (Phi) is 7.23. The van der Waals surface area contributed by atoms with E-state index in [9.17, 15) is 4.79 Å². The molecule has 1 heterocycles. The molecule has 0 aliphatic carbocycles. The highest BCUT2D eigenvalue weighted by atomic mass is 35.5. The zero-order valence-corrected chi connectivity index (χ0v) is 12.3. The van der Waals surface area contributed by atoms with Crippen molar-refractivity contribution in [3.8, 4) is 0 Å². The van der Waals surface area contributed by atoms with Crippen molar-refractivity contribution in [2.24, 2.45) is 0 Å². The summed E-state index contributed by atoms with van der Waals surface area (Å²) in [6.45, 7) is 2.63. The molecule has 0 fully saturated rings. The summed E-state index contributed by atoms with van der Waals surface area (Å²) in [5.74, 6) is 0.376. The molecule has 102 valence electrons. The van der Waals surface area contributed by atoms with E-state index >= 15 is 0 Å². The highest BCUT2D eigenvalue weighted by molar-refractivity contribution is 7.09. The zero-order valence-electron chi connectivity index (χ0n) is 10.7. The molecule has 18 heavy (non-hydrogen) atoms. The number of carbonyl (C=O) groups excluding carboxylic acids is 1. The average Bonchev–Trinajstić information content (AvgIpc) is 2.77. The summed E-state index contributed by atoms with van der Waals surface area (Å²) in [5.41, 5.74) is 0.825. The van der Waals surface area contributed by atoms with Crippen molar-refractivity contribution in [1.82, 2.24) is 10.3 Å². The molecule has 0 bridgehead atoms. The van der Waals surface area contributed by atoms with Crippen molar-refractivity contribution in [1.29, 1.82) is 0 Å². The minimum absolute atomic E-state index is 0.0130. The van der Waals surface area contributed by atoms with Gasteiger partial charge in [-0.25, -0.2) is 4.98 Å². The molecule has 0 radical (unpaired) electrons. The predicted octanol–water partition coefficient (Wildman–Crippen LogP) is 2.36. The highest BCUT2D eigenvalue weighted by Crippen LogP contribution is 2.12. The third-order valence-electron chi connectivity index (χ3n) is 2.42. The Bertz CT molecular complexity index is 365. The van der Waals surface area contributed by atoms with Crippen molar-refractivity contribution < 1.29 is 9.53 Å². The lowest BCUT2D eigenvalue weighted by Gasteiger charge is -2.16. The monoisotopic (exact) mass is 290 g/mol. The number of nitrogens with one attached hydrogen (secondary N) is 1. The van der Waals surface area contributed by atoms with Crippen LogP contribution < -0.4 is 5.32 Å². The van der Waals surface area contributed by atoms with Crippen LogP contribution in [0.25, 0.3) is 0 Å². The fraction of sp³-hybridized carbons (Fsp3) is 0.667. The van der Waals surface area contributed by atoms with E-state index in [1.165, 1.54) is 11.3 Å². The number of nitrogens with zero attached hydrogens (tertiary/aromatic N) is 1. The van der Waals surface area contributed by atoms with Crippen LogP contribution in [-0.4, -0.2) is 30.6 Å². The smallest absolute Gasteiger partial charge is 0.227 e.